The molecule has 134 valence electrons. The zero-order valence-corrected chi connectivity index (χ0v) is 14.0. The van der Waals surface area contributed by atoms with E-state index in [1.165, 1.54) is 6.07 Å². The van der Waals surface area contributed by atoms with Crippen molar-refractivity contribution in [3.63, 3.8) is 0 Å². The number of carbonyl (C=O) groups is 1. The van der Waals surface area contributed by atoms with E-state index in [9.17, 15) is 18.0 Å². The van der Waals surface area contributed by atoms with E-state index in [2.05, 4.69) is 15.3 Å². The van der Waals surface area contributed by atoms with Crippen LogP contribution in [-0.4, -0.2) is 22.4 Å². The Balaban J connectivity index is 1.67. The first kappa shape index (κ1) is 17.8. The lowest BCUT2D eigenvalue weighted by molar-refractivity contribution is -0.137. The molecule has 0 aliphatic heterocycles. The number of nitrogens with one attached hydrogen (secondary N) is 1. The van der Waals surface area contributed by atoms with Crippen molar-refractivity contribution in [1.29, 1.82) is 0 Å². The molecular formula is C19H16F3N3O. The predicted octanol–water partition coefficient (Wildman–Crippen LogP) is 3.93. The van der Waals surface area contributed by atoms with Gasteiger partial charge in [-0.15, -0.1) is 0 Å². The van der Waals surface area contributed by atoms with Crippen LogP contribution in [0.4, 0.5) is 13.2 Å². The number of amides is 1. The van der Waals surface area contributed by atoms with Gasteiger partial charge in [0, 0.05) is 18.1 Å². The van der Waals surface area contributed by atoms with Gasteiger partial charge in [-0.25, -0.2) is 9.97 Å². The molecule has 0 atom stereocenters. The maximum atomic E-state index is 12.7. The largest absolute Gasteiger partial charge is 0.416 e. The fourth-order valence-electron chi connectivity index (χ4n) is 2.64. The lowest BCUT2D eigenvalue weighted by atomic mass is 10.1. The van der Waals surface area contributed by atoms with Crippen molar-refractivity contribution < 1.29 is 18.0 Å². The Kier molecular flexibility index (Phi) is 4.88. The Hall–Kier alpha value is -2.96. The maximum Gasteiger partial charge on any atom is 0.416 e. The molecule has 1 amide bonds. The number of pyridine rings is 2. The molecule has 0 bridgehead atoms. The molecule has 1 aromatic carbocycles. The molecule has 1 N–H and O–H groups in total. The van der Waals surface area contributed by atoms with Crippen LogP contribution in [0.2, 0.25) is 0 Å². The number of aromatic nitrogens is 2. The fourth-order valence-corrected chi connectivity index (χ4v) is 2.64. The predicted molar refractivity (Wildman–Crippen MR) is 91.8 cm³/mol. The standard InChI is InChI=1S/C19H16F3N3O/c1-12-16(11-14-5-3-8-23-17(14)25-12)18(26)24-9-7-13-4-2-6-15(10-13)19(20,21)22/h2-6,8,10-11H,7,9H2,1H3,(H,24,26). The summed E-state index contributed by atoms with van der Waals surface area (Å²) in [5, 5.41) is 3.48. The third-order valence-electron chi connectivity index (χ3n) is 3.98. The van der Waals surface area contributed by atoms with Crippen LogP contribution in [0.15, 0.2) is 48.7 Å². The second-order valence-corrected chi connectivity index (χ2v) is 5.88. The van der Waals surface area contributed by atoms with E-state index in [-0.39, 0.29) is 12.5 Å². The number of halogens is 3. The van der Waals surface area contributed by atoms with Gasteiger partial charge in [0.25, 0.3) is 5.91 Å². The number of aryl methyl sites for hydroxylation is 1. The van der Waals surface area contributed by atoms with Gasteiger partial charge >= 0.3 is 6.18 Å². The van der Waals surface area contributed by atoms with Gasteiger partial charge in [0.2, 0.25) is 0 Å². The number of benzene rings is 1. The first-order valence-electron chi connectivity index (χ1n) is 8.01. The van der Waals surface area contributed by atoms with Crippen LogP contribution in [-0.2, 0) is 12.6 Å². The van der Waals surface area contributed by atoms with Crippen LogP contribution in [0.3, 0.4) is 0 Å². The zero-order chi connectivity index (χ0) is 18.7. The number of alkyl halides is 3. The molecule has 0 fully saturated rings. The average molecular weight is 359 g/mol. The Labute approximate surface area is 148 Å². The Morgan fingerprint density at radius 1 is 1.15 bits per heavy atom. The minimum absolute atomic E-state index is 0.227. The summed E-state index contributed by atoms with van der Waals surface area (Å²) < 4.78 is 38.2. The number of hydrogen-bond acceptors (Lipinski definition) is 3. The Morgan fingerprint density at radius 3 is 2.73 bits per heavy atom. The third kappa shape index (κ3) is 3.99. The molecule has 4 nitrogen and oxygen atoms in total. The van der Waals surface area contributed by atoms with Crippen LogP contribution in [0.1, 0.15) is 27.2 Å². The van der Waals surface area contributed by atoms with E-state index < -0.39 is 11.7 Å². The van der Waals surface area contributed by atoms with Gasteiger partial charge in [-0.2, -0.15) is 13.2 Å². The minimum atomic E-state index is -4.37. The van der Waals surface area contributed by atoms with Crippen molar-refractivity contribution in [2.45, 2.75) is 19.5 Å². The van der Waals surface area contributed by atoms with Crippen molar-refractivity contribution in [3.8, 4) is 0 Å². The van der Waals surface area contributed by atoms with Gasteiger partial charge in [-0.05, 0) is 43.2 Å². The van der Waals surface area contributed by atoms with E-state index in [0.717, 1.165) is 17.5 Å². The lowest BCUT2D eigenvalue weighted by Crippen LogP contribution is -2.26. The van der Waals surface area contributed by atoms with Crippen LogP contribution in [0, 0.1) is 6.92 Å². The van der Waals surface area contributed by atoms with Crippen molar-refractivity contribution in [1.82, 2.24) is 15.3 Å². The van der Waals surface area contributed by atoms with E-state index in [4.69, 9.17) is 0 Å². The summed E-state index contributed by atoms with van der Waals surface area (Å²) in [6.07, 6.45) is -2.44. The van der Waals surface area contributed by atoms with Crippen LogP contribution < -0.4 is 5.32 Å². The molecule has 26 heavy (non-hydrogen) atoms. The summed E-state index contributed by atoms with van der Waals surface area (Å²) in [6, 6.07) is 10.4. The third-order valence-corrected chi connectivity index (χ3v) is 3.98. The number of hydrogen-bond donors (Lipinski definition) is 1. The number of nitrogens with zero attached hydrogens (tertiary/aromatic N) is 2. The molecule has 3 aromatic rings. The number of fused-ring (bicyclic) bond motifs is 1. The monoisotopic (exact) mass is 359 g/mol. The number of carbonyl (C=O) groups excluding carboxylic acids is 1. The molecule has 0 unspecified atom stereocenters. The highest BCUT2D eigenvalue weighted by Gasteiger charge is 2.30. The van der Waals surface area contributed by atoms with Crippen LogP contribution >= 0.6 is 0 Å². The fraction of sp³-hybridized carbons (Fsp3) is 0.211. The van der Waals surface area contributed by atoms with Crippen LogP contribution in [0.5, 0.6) is 0 Å². The Bertz CT molecular complexity index is 954. The second kappa shape index (κ2) is 7.11. The number of rotatable bonds is 4. The molecule has 0 spiro atoms. The second-order valence-electron chi connectivity index (χ2n) is 5.88. The van der Waals surface area contributed by atoms with E-state index in [1.54, 1.807) is 31.3 Å². The van der Waals surface area contributed by atoms with Crippen molar-refractivity contribution in [2.24, 2.45) is 0 Å². The van der Waals surface area contributed by atoms with Crippen molar-refractivity contribution in [3.05, 3.63) is 71.0 Å². The Morgan fingerprint density at radius 2 is 1.96 bits per heavy atom. The SMILES string of the molecule is Cc1nc2ncccc2cc1C(=O)NCCc1cccc(C(F)(F)F)c1. The van der Waals surface area contributed by atoms with Crippen molar-refractivity contribution >= 4 is 16.9 Å². The minimum Gasteiger partial charge on any atom is -0.352 e. The molecule has 0 radical (unpaired) electrons. The van der Waals surface area contributed by atoms with E-state index >= 15 is 0 Å². The topological polar surface area (TPSA) is 54.9 Å². The highest BCUT2D eigenvalue weighted by Crippen LogP contribution is 2.29. The van der Waals surface area contributed by atoms with Gasteiger partial charge in [-0.3, -0.25) is 4.79 Å². The molecule has 3 rings (SSSR count). The van der Waals surface area contributed by atoms with Gasteiger partial charge in [-0.1, -0.05) is 18.2 Å². The average Bonchev–Trinajstić information content (AvgIpc) is 2.60. The molecule has 0 aliphatic carbocycles. The van der Waals surface area contributed by atoms with Gasteiger partial charge < -0.3 is 5.32 Å². The summed E-state index contributed by atoms with van der Waals surface area (Å²) >= 11 is 0. The molecular weight excluding hydrogens is 343 g/mol. The quantitative estimate of drug-likeness (QED) is 0.768. The van der Waals surface area contributed by atoms with Gasteiger partial charge in [0.1, 0.15) is 0 Å². The highest BCUT2D eigenvalue weighted by molar-refractivity contribution is 5.98. The van der Waals surface area contributed by atoms with Gasteiger partial charge in [0.15, 0.2) is 5.65 Å². The molecule has 2 heterocycles. The summed E-state index contributed by atoms with van der Waals surface area (Å²) in [6.45, 7) is 1.94. The van der Waals surface area contributed by atoms with E-state index in [0.29, 0.717) is 28.9 Å². The molecule has 2 aromatic heterocycles. The highest BCUT2D eigenvalue weighted by atomic mass is 19.4. The van der Waals surface area contributed by atoms with Crippen molar-refractivity contribution in [2.75, 3.05) is 6.54 Å². The first-order chi connectivity index (χ1) is 12.3. The zero-order valence-electron chi connectivity index (χ0n) is 14.0. The molecule has 0 saturated carbocycles. The lowest BCUT2D eigenvalue weighted by Gasteiger charge is -2.10. The summed E-state index contributed by atoms with van der Waals surface area (Å²) in [4.78, 5) is 20.8. The van der Waals surface area contributed by atoms with E-state index in [1.807, 2.05) is 6.07 Å². The molecule has 0 aliphatic rings. The summed E-state index contributed by atoms with van der Waals surface area (Å²) in [5.74, 6) is -0.312. The smallest absolute Gasteiger partial charge is 0.352 e. The summed E-state index contributed by atoms with van der Waals surface area (Å²) in [7, 11) is 0. The van der Waals surface area contributed by atoms with Gasteiger partial charge in [0.05, 0.1) is 16.8 Å². The van der Waals surface area contributed by atoms with Crippen LogP contribution in [0.25, 0.3) is 11.0 Å². The first-order valence-corrected chi connectivity index (χ1v) is 8.01. The molecule has 7 heteroatoms. The maximum absolute atomic E-state index is 12.7. The normalized spacial score (nSPS) is 11.5. The summed E-state index contributed by atoms with van der Waals surface area (Å²) in [5.41, 5.74) is 1.36. The molecule has 0 saturated heterocycles.